The summed E-state index contributed by atoms with van der Waals surface area (Å²) in [7, 11) is 9.71. The summed E-state index contributed by atoms with van der Waals surface area (Å²) in [6.07, 6.45) is 5.11. The molecule has 0 saturated heterocycles. The summed E-state index contributed by atoms with van der Waals surface area (Å²) in [6, 6.07) is 9.36. The maximum atomic E-state index is 12.0. The van der Waals surface area contributed by atoms with E-state index in [1.54, 1.807) is 6.08 Å². The zero-order valence-corrected chi connectivity index (χ0v) is 18.3. The number of carbonyl (C=O) groups is 1. The Morgan fingerprint density at radius 3 is 1.72 bits per heavy atom. The van der Waals surface area contributed by atoms with Crippen molar-refractivity contribution in [2.75, 3.05) is 0 Å². The Morgan fingerprint density at radius 2 is 1.32 bits per heavy atom. The van der Waals surface area contributed by atoms with Crippen molar-refractivity contribution in [3.05, 3.63) is 97.9 Å². The van der Waals surface area contributed by atoms with Crippen LogP contribution in [-0.2, 0) is 15.1 Å². The monoisotopic (exact) mass is 464 g/mol. The van der Waals surface area contributed by atoms with Crippen LogP contribution in [0.3, 0.4) is 0 Å². The fourth-order valence-electron chi connectivity index (χ4n) is 2.36. The van der Waals surface area contributed by atoms with Crippen LogP contribution in [0.4, 0.5) is 0 Å². The molecule has 1 aromatic rings. The Kier molecular flexibility index (Phi) is 13.9. The zero-order chi connectivity index (χ0) is 19.4. The van der Waals surface area contributed by atoms with Gasteiger partial charge in [0.05, 0.1) is 0 Å². The standard InChI is InChI=1S/C18H19O.C3H5.2ClH.Ru/c1-12-13(2)15(4)17(14(12)3)10-11-18(19)16-8-6-5-7-9-16;1-3-2;;;/h5-11H,1-4H3;3H,1-2H2;2*1H;/q;;;;+4/p-2/b11-10+;;;;. The fraction of sp³-hybridized carbons (Fsp3) is 0.190. The molecule has 0 unspecified atom stereocenters. The molecule has 8 radical (unpaired) electrons. The number of hydrogen-bond acceptors (Lipinski definition) is 1. The van der Waals surface area contributed by atoms with Gasteiger partial charge in [0.25, 0.3) is 0 Å². The third kappa shape index (κ3) is 8.37. The van der Waals surface area contributed by atoms with Gasteiger partial charge in [0.1, 0.15) is 0 Å². The van der Waals surface area contributed by atoms with Crippen molar-refractivity contribution in [2.24, 2.45) is 0 Å². The van der Waals surface area contributed by atoms with E-state index in [2.05, 4.69) is 41.5 Å². The number of ketones is 1. The third-order valence-electron chi connectivity index (χ3n) is 3.96. The SMILES string of the molecule is C[C]1[C](C)[C](C)[C](/C=C/C(=O)c2ccccc2)[C]1C.[CH2][CH][CH2].[Cl][Ru+2][Cl]. The minimum absolute atomic E-state index is 0.0518. The molecule has 1 aromatic carbocycles. The van der Waals surface area contributed by atoms with E-state index in [4.69, 9.17) is 19.4 Å². The average molecular weight is 464 g/mol. The molecule has 1 saturated carbocycles. The number of hydrogen-bond donors (Lipinski definition) is 0. The van der Waals surface area contributed by atoms with E-state index < -0.39 is 0 Å². The topological polar surface area (TPSA) is 17.1 Å². The van der Waals surface area contributed by atoms with Gasteiger partial charge in [-0.25, -0.2) is 0 Å². The first-order valence-corrected chi connectivity index (χ1v) is 12.1. The molecule has 1 nitrogen and oxygen atoms in total. The summed E-state index contributed by atoms with van der Waals surface area (Å²) in [5.74, 6) is 6.42. The van der Waals surface area contributed by atoms with Gasteiger partial charge in [-0.2, -0.15) is 0 Å². The first-order valence-electron chi connectivity index (χ1n) is 7.61. The Bertz CT molecular complexity index is 488. The molecule has 134 valence electrons. The summed E-state index contributed by atoms with van der Waals surface area (Å²) < 4.78 is 0. The van der Waals surface area contributed by atoms with E-state index in [1.165, 1.54) is 36.0 Å². The molecule has 4 heteroatoms. The van der Waals surface area contributed by atoms with Crippen molar-refractivity contribution >= 4 is 25.2 Å². The van der Waals surface area contributed by atoms with E-state index in [0.717, 1.165) is 5.56 Å². The first-order chi connectivity index (χ1) is 11.8. The summed E-state index contributed by atoms with van der Waals surface area (Å²) in [4.78, 5) is 12.0. The molecule has 25 heavy (non-hydrogen) atoms. The Morgan fingerprint density at radius 1 is 0.920 bits per heavy atom. The summed E-state index contributed by atoms with van der Waals surface area (Å²) >= 11 is -0.346. The van der Waals surface area contributed by atoms with Gasteiger partial charge in [0.2, 0.25) is 0 Å². The van der Waals surface area contributed by atoms with E-state index >= 15 is 0 Å². The van der Waals surface area contributed by atoms with Crippen LogP contribution in [0.25, 0.3) is 0 Å². The number of allylic oxidation sites excluding steroid dienone is 2. The van der Waals surface area contributed by atoms with Crippen molar-refractivity contribution in [1.29, 1.82) is 0 Å². The van der Waals surface area contributed by atoms with Gasteiger partial charge in [0.15, 0.2) is 5.78 Å². The van der Waals surface area contributed by atoms with Gasteiger partial charge >= 0.3 is 34.5 Å². The molecule has 0 heterocycles. The van der Waals surface area contributed by atoms with Crippen molar-refractivity contribution in [1.82, 2.24) is 0 Å². The van der Waals surface area contributed by atoms with Crippen LogP contribution in [0, 0.1) is 49.9 Å². The molecule has 2 rings (SSSR count). The van der Waals surface area contributed by atoms with Gasteiger partial charge in [0, 0.05) is 11.5 Å². The fourth-order valence-corrected chi connectivity index (χ4v) is 2.36. The number of benzene rings is 1. The number of rotatable bonds is 3. The van der Waals surface area contributed by atoms with Crippen LogP contribution in [0.5, 0.6) is 0 Å². The maximum absolute atomic E-state index is 12.0. The minimum atomic E-state index is -0.346. The van der Waals surface area contributed by atoms with Crippen LogP contribution in [0.2, 0.25) is 0 Å². The molecule has 0 atom stereocenters. The first kappa shape index (κ1) is 24.8. The molecule has 1 aliphatic carbocycles. The normalized spacial score (nSPS) is 17.1. The van der Waals surface area contributed by atoms with Crippen LogP contribution in [0.15, 0.2) is 42.5 Å². The molecular formula is C21H24Cl2ORu+2. The van der Waals surface area contributed by atoms with Crippen LogP contribution in [-0.4, -0.2) is 5.78 Å². The average Bonchev–Trinajstić information content (AvgIpc) is 2.79. The van der Waals surface area contributed by atoms with E-state index in [0.29, 0.717) is 0 Å². The summed E-state index contributed by atoms with van der Waals surface area (Å²) in [5, 5.41) is 0. The second kappa shape index (κ2) is 14.0. The third-order valence-corrected chi connectivity index (χ3v) is 3.96. The Labute approximate surface area is 170 Å². The second-order valence-electron chi connectivity index (χ2n) is 5.32. The van der Waals surface area contributed by atoms with Gasteiger partial charge in [-0.15, -0.1) is 0 Å². The van der Waals surface area contributed by atoms with Gasteiger partial charge < -0.3 is 0 Å². The molecule has 0 spiro atoms. The number of carbonyl (C=O) groups excluding carboxylic acids is 1. The van der Waals surface area contributed by atoms with Crippen LogP contribution >= 0.6 is 19.4 Å². The van der Waals surface area contributed by atoms with Gasteiger partial charge in [-0.1, -0.05) is 64.1 Å². The molecule has 0 bridgehead atoms. The molecular weight excluding hydrogens is 440 g/mol. The van der Waals surface area contributed by atoms with Gasteiger partial charge in [-0.3, -0.25) is 4.79 Å². The molecule has 1 fully saturated rings. The van der Waals surface area contributed by atoms with Crippen molar-refractivity contribution < 1.29 is 19.9 Å². The second-order valence-corrected chi connectivity index (χ2v) is 7.96. The van der Waals surface area contributed by atoms with E-state index in [9.17, 15) is 4.79 Å². The molecule has 0 aliphatic heterocycles. The Hall–Kier alpha value is -0.167. The van der Waals surface area contributed by atoms with Crippen LogP contribution < -0.4 is 0 Å². The van der Waals surface area contributed by atoms with E-state index in [1.807, 2.05) is 36.4 Å². The quantitative estimate of drug-likeness (QED) is 0.279. The molecule has 0 aromatic heterocycles. The Balaban J connectivity index is 0.000000844. The molecule has 0 amide bonds. The molecule has 0 N–H and O–H groups in total. The van der Waals surface area contributed by atoms with E-state index in [-0.39, 0.29) is 20.9 Å². The number of halogens is 2. The van der Waals surface area contributed by atoms with Gasteiger partial charge in [-0.05, 0) is 50.0 Å². The zero-order valence-electron chi connectivity index (χ0n) is 15.1. The molecule has 1 aliphatic rings. The van der Waals surface area contributed by atoms with Crippen molar-refractivity contribution in [3.8, 4) is 0 Å². The van der Waals surface area contributed by atoms with Crippen molar-refractivity contribution in [3.63, 3.8) is 0 Å². The summed E-state index contributed by atoms with van der Waals surface area (Å²) in [5.41, 5.74) is 0.731. The predicted molar refractivity (Wildman–Crippen MR) is 106 cm³/mol. The summed E-state index contributed by atoms with van der Waals surface area (Å²) in [6.45, 7) is 15.0. The van der Waals surface area contributed by atoms with Crippen molar-refractivity contribution in [2.45, 2.75) is 27.7 Å². The van der Waals surface area contributed by atoms with Crippen LogP contribution in [0.1, 0.15) is 38.1 Å². The predicted octanol–water partition coefficient (Wildman–Crippen LogP) is 6.63.